The van der Waals surface area contributed by atoms with Crippen LogP contribution in [-0.4, -0.2) is 25.5 Å². The highest BCUT2D eigenvalue weighted by Crippen LogP contribution is 2.29. The number of hydrogen-bond acceptors (Lipinski definition) is 6. The molecule has 0 aliphatic rings. The van der Waals surface area contributed by atoms with Gasteiger partial charge in [-0.1, -0.05) is 41.4 Å². The molecule has 0 bridgehead atoms. The summed E-state index contributed by atoms with van der Waals surface area (Å²) in [7, 11) is 0. The standard InChI is InChI=1S/C18H16N4O2S/c1-2-20-18-15-8-7-14(9-16(15)21-22-17(18)10-19)13-5-3-12(4-6-13)11-25(23)24/h3-9H,2,11H2,1H3,(H,20,21)(H,23,24)/p-1. The van der Waals surface area contributed by atoms with Crippen LogP contribution in [0.5, 0.6) is 0 Å². The number of hydrogen-bond donors (Lipinski definition) is 1. The van der Waals surface area contributed by atoms with Crippen molar-refractivity contribution < 1.29 is 8.76 Å². The molecule has 6 nitrogen and oxygen atoms in total. The molecule has 126 valence electrons. The van der Waals surface area contributed by atoms with Crippen molar-refractivity contribution in [1.82, 2.24) is 10.2 Å². The molecule has 7 heteroatoms. The highest BCUT2D eigenvalue weighted by Gasteiger charge is 2.10. The Hall–Kier alpha value is -2.82. The molecule has 1 heterocycles. The van der Waals surface area contributed by atoms with E-state index in [1.165, 1.54) is 0 Å². The van der Waals surface area contributed by atoms with Gasteiger partial charge in [-0.05, 0) is 35.7 Å². The number of anilines is 1. The minimum absolute atomic E-state index is 0.00641. The van der Waals surface area contributed by atoms with Crippen molar-refractivity contribution in [3.8, 4) is 17.2 Å². The van der Waals surface area contributed by atoms with Gasteiger partial charge in [-0.3, -0.25) is 4.21 Å². The van der Waals surface area contributed by atoms with Gasteiger partial charge in [0.2, 0.25) is 0 Å². The van der Waals surface area contributed by atoms with Crippen molar-refractivity contribution in [3.63, 3.8) is 0 Å². The molecule has 3 rings (SSSR count). The molecule has 0 spiro atoms. The number of rotatable bonds is 5. The summed E-state index contributed by atoms with van der Waals surface area (Å²) in [5.41, 5.74) is 4.30. The average Bonchev–Trinajstić information content (AvgIpc) is 2.62. The maximum Gasteiger partial charge on any atom is 0.186 e. The molecular formula is C18H15N4O2S-. The van der Waals surface area contributed by atoms with Crippen LogP contribution in [0.1, 0.15) is 18.2 Å². The molecule has 1 N–H and O–H groups in total. The second kappa shape index (κ2) is 7.38. The number of nitrogens with one attached hydrogen (secondary N) is 1. The van der Waals surface area contributed by atoms with E-state index in [-0.39, 0.29) is 11.4 Å². The third-order valence-electron chi connectivity index (χ3n) is 3.79. The maximum atomic E-state index is 10.8. The molecule has 0 aliphatic heterocycles. The maximum absolute atomic E-state index is 10.8. The zero-order valence-corrected chi connectivity index (χ0v) is 14.3. The quantitative estimate of drug-likeness (QED) is 0.709. The number of nitrogens with zero attached hydrogens (tertiary/aromatic N) is 3. The lowest BCUT2D eigenvalue weighted by molar-refractivity contribution is 0.536. The van der Waals surface area contributed by atoms with Gasteiger partial charge in [-0.25, -0.2) is 0 Å². The SMILES string of the molecule is CCNc1c(C#N)nnc2cc(-c3ccc(CS(=O)[O-])cc3)ccc12. The molecule has 1 atom stereocenters. The molecule has 0 aliphatic carbocycles. The van der Waals surface area contributed by atoms with Crippen LogP contribution >= 0.6 is 0 Å². The normalized spacial score (nSPS) is 11.9. The van der Waals surface area contributed by atoms with E-state index in [1.807, 2.05) is 37.3 Å². The van der Waals surface area contributed by atoms with Crippen LogP contribution in [0.2, 0.25) is 0 Å². The Kier molecular flexibility index (Phi) is 5.03. The van der Waals surface area contributed by atoms with Crippen molar-refractivity contribution in [2.75, 3.05) is 11.9 Å². The van der Waals surface area contributed by atoms with Gasteiger partial charge in [0.15, 0.2) is 5.69 Å². The smallest absolute Gasteiger partial charge is 0.186 e. The van der Waals surface area contributed by atoms with Gasteiger partial charge in [-0.15, -0.1) is 10.2 Å². The first kappa shape index (κ1) is 17.0. The van der Waals surface area contributed by atoms with E-state index >= 15 is 0 Å². The van der Waals surface area contributed by atoms with E-state index < -0.39 is 11.1 Å². The second-order valence-corrected chi connectivity index (χ2v) is 6.34. The average molecular weight is 351 g/mol. The number of fused-ring (bicyclic) bond motifs is 1. The number of benzene rings is 2. The van der Waals surface area contributed by atoms with Crippen LogP contribution in [0.4, 0.5) is 5.69 Å². The number of aromatic nitrogens is 2. The van der Waals surface area contributed by atoms with Crippen molar-refractivity contribution in [1.29, 1.82) is 5.26 Å². The summed E-state index contributed by atoms with van der Waals surface area (Å²) >= 11 is -2.10. The molecule has 1 unspecified atom stereocenters. The fourth-order valence-corrected chi connectivity index (χ4v) is 3.11. The predicted octanol–water partition coefficient (Wildman–Crippen LogP) is 2.98. The topological polar surface area (TPSA) is 102 Å². The number of nitriles is 1. The molecule has 3 aromatic rings. The summed E-state index contributed by atoms with van der Waals surface area (Å²) in [6, 6.07) is 15.2. The van der Waals surface area contributed by atoms with Gasteiger partial charge in [0, 0.05) is 17.7 Å². The minimum atomic E-state index is -2.10. The molecule has 2 aromatic carbocycles. The van der Waals surface area contributed by atoms with Gasteiger partial charge in [0.25, 0.3) is 0 Å². The van der Waals surface area contributed by atoms with Gasteiger partial charge in [-0.2, -0.15) is 5.26 Å². The van der Waals surface area contributed by atoms with Gasteiger partial charge in [0.1, 0.15) is 6.07 Å². The van der Waals surface area contributed by atoms with Crippen molar-refractivity contribution in [3.05, 3.63) is 53.7 Å². The first-order valence-corrected chi connectivity index (χ1v) is 8.96. The summed E-state index contributed by atoms with van der Waals surface area (Å²) in [6.07, 6.45) is 0. The lowest BCUT2D eigenvalue weighted by Crippen LogP contribution is -2.03. The molecule has 0 radical (unpaired) electrons. The Bertz CT molecular complexity index is 981. The lowest BCUT2D eigenvalue weighted by atomic mass is 10.0. The van der Waals surface area contributed by atoms with Crippen LogP contribution in [0.25, 0.3) is 22.0 Å². The van der Waals surface area contributed by atoms with Gasteiger partial charge >= 0.3 is 0 Å². The lowest BCUT2D eigenvalue weighted by Gasteiger charge is -2.10. The van der Waals surface area contributed by atoms with Crippen LogP contribution in [0.15, 0.2) is 42.5 Å². The molecule has 25 heavy (non-hydrogen) atoms. The van der Waals surface area contributed by atoms with Gasteiger partial charge < -0.3 is 9.87 Å². The van der Waals surface area contributed by atoms with Crippen LogP contribution in [0.3, 0.4) is 0 Å². The fraction of sp³-hybridized carbons (Fsp3) is 0.167. The summed E-state index contributed by atoms with van der Waals surface area (Å²) in [4.78, 5) is 0. The second-order valence-electron chi connectivity index (χ2n) is 5.44. The molecule has 1 aromatic heterocycles. The monoisotopic (exact) mass is 351 g/mol. The molecule has 0 saturated heterocycles. The predicted molar refractivity (Wildman–Crippen MR) is 96.5 cm³/mol. The van der Waals surface area contributed by atoms with E-state index in [2.05, 4.69) is 21.6 Å². The Morgan fingerprint density at radius 2 is 1.88 bits per heavy atom. The van der Waals surface area contributed by atoms with Crippen molar-refractivity contribution >= 4 is 27.7 Å². The van der Waals surface area contributed by atoms with Gasteiger partial charge in [0.05, 0.1) is 11.2 Å². The van der Waals surface area contributed by atoms with Crippen LogP contribution in [-0.2, 0) is 16.8 Å². The summed E-state index contributed by atoms with van der Waals surface area (Å²) in [5.74, 6) is 0.00641. The fourth-order valence-electron chi connectivity index (χ4n) is 2.65. The van der Waals surface area contributed by atoms with Crippen LogP contribution < -0.4 is 5.32 Å². The third-order valence-corrected chi connectivity index (χ3v) is 4.36. The zero-order chi connectivity index (χ0) is 17.8. The molecule has 0 fully saturated rings. The summed E-state index contributed by atoms with van der Waals surface area (Å²) < 4.78 is 21.5. The largest absolute Gasteiger partial charge is 0.772 e. The first-order valence-electron chi connectivity index (χ1n) is 7.72. The summed E-state index contributed by atoms with van der Waals surface area (Å²) in [5, 5.41) is 21.3. The Labute approximate surface area is 147 Å². The van der Waals surface area contributed by atoms with E-state index in [0.717, 1.165) is 22.1 Å². The molecular weight excluding hydrogens is 336 g/mol. The van der Waals surface area contributed by atoms with E-state index in [1.54, 1.807) is 12.1 Å². The van der Waals surface area contributed by atoms with Crippen LogP contribution in [0, 0.1) is 11.3 Å². The van der Waals surface area contributed by atoms with Crippen molar-refractivity contribution in [2.24, 2.45) is 0 Å². The Balaban J connectivity index is 2.01. The third kappa shape index (κ3) is 3.65. The minimum Gasteiger partial charge on any atom is -0.772 e. The Morgan fingerprint density at radius 3 is 2.52 bits per heavy atom. The highest BCUT2D eigenvalue weighted by atomic mass is 32.2. The van der Waals surface area contributed by atoms with E-state index in [4.69, 9.17) is 0 Å². The zero-order valence-electron chi connectivity index (χ0n) is 13.5. The van der Waals surface area contributed by atoms with E-state index in [0.29, 0.717) is 17.7 Å². The van der Waals surface area contributed by atoms with Crippen molar-refractivity contribution in [2.45, 2.75) is 12.7 Å². The molecule has 0 saturated carbocycles. The summed E-state index contributed by atoms with van der Waals surface area (Å²) in [6.45, 7) is 2.64. The highest BCUT2D eigenvalue weighted by molar-refractivity contribution is 7.78. The van der Waals surface area contributed by atoms with E-state index in [9.17, 15) is 14.0 Å². The molecule has 0 amide bonds. The Morgan fingerprint density at radius 1 is 1.16 bits per heavy atom. The first-order chi connectivity index (χ1) is 12.1.